The molecule has 0 bridgehead atoms. The molecule has 1 aromatic heterocycles. The molecule has 1 aromatic rings. The van der Waals surface area contributed by atoms with E-state index in [4.69, 9.17) is 11.1 Å². The van der Waals surface area contributed by atoms with Crippen molar-refractivity contribution in [3.63, 3.8) is 0 Å². The molecule has 1 rings (SSSR count). The lowest BCUT2D eigenvalue weighted by Crippen LogP contribution is -2.31. The average Bonchev–Trinajstić information content (AvgIpc) is 2.18. The first-order valence-electron chi connectivity index (χ1n) is 4.27. The summed E-state index contributed by atoms with van der Waals surface area (Å²) in [5, 5.41) is 0. The lowest BCUT2D eigenvalue weighted by molar-refractivity contribution is -0.697. The number of aryl methyl sites for hydroxylation is 1. The Bertz CT molecular complexity index is 239. The highest BCUT2D eigenvalue weighted by Gasteiger charge is 1.93. The van der Waals surface area contributed by atoms with Gasteiger partial charge in [0.1, 0.15) is 6.54 Å². The van der Waals surface area contributed by atoms with Gasteiger partial charge in [-0.3, -0.25) is 4.91 Å². The molecule has 0 fully saturated rings. The molecule has 0 spiro atoms. The van der Waals surface area contributed by atoms with Gasteiger partial charge in [0.25, 0.3) is 0 Å². The number of aromatic nitrogens is 1. The number of pyridine rings is 1. The monoisotopic (exact) mass is 178 g/mol. The Morgan fingerprint density at radius 3 is 2.15 bits per heavy atom. The first-order valence-corrected chi connectivity index (χ1v) is 4.27. The Hall–Kier alpha value is -1.54. The molecule has 4 heteroatoms. The van der Waals surface area contributed by atoms with Gasteiger partial charge in [0.05, 0.1) is 0 Å². The van der Waals surface area contributed by atoms with E-state index < -0.39 is 0 Å². The fraction of sp³-hybridized carbons (Fsp3) is 0.444. The minimum Gasteiger partial charge on any atom is -0.373 e. The molecule has 0 aliphatic carbocycles. The molecular formula is C9H14N4. The predicted octanol–water partition coefficient (Wildman–Crippen LogP) is 2.64. The van der Waals surface area contributed by atoms with Crippen LogP contribution >= 0.6 is 0 Å². The zero-order chi connectivity index (χ0) is 9.94. The van der Waals surface area contributed by atoms with E-state index in [0.717, 1.165) is 6.54 Å². The van der Waals surface area contributed by atoms with Gasteiger partial charge in [0.2, 0.25) is 0 Å². The third kappa shape index (κ3) is 6.84. The highest BCUT2D eigenvalue weighted by atomic mass is 15.0. The van der Waals surface area contributed by atoms with E-state index in [2.05, 4.69) is 36.0 Å². The molecule has 0 aliphatic heterocycles. The first-order chi connectivity index (χ1) is 6.35. The highest BCUT2D eigenvalue weighted by molar-refractivity contribution is 4.83. The molecule has 0 saturated heterocycles. The molecule has 0 atom stereocenters. The fourth-order valence-electron chi connectivity index (χ4n) is 0.924. The summed E-state index contributed by atoms with van der Waals surface area (Å²) in [6.45, 7) is 3.36. The maximum absolute atomic E-state index is 6.75. The normalized spacial score (nSPS) is 8.08. The van der Waals surface area contributed by atoms with Crippen molar-refractivity contribution in [1.82, 2.24) is 0 Å². The molecule has 0 aromatic carbocycles. The van der Waals surface area contributed by atoms with E-state index in [0.29, 0.717) is 0 Å². The molecule has 0 unspecified atom stereocenters. The SMILES string of the molecule is CCCC[n+]1ccccc1.[N-]=[N+]=[N-]. The second kappa shape index (κ2) is 8.56. The van der Waals surface area contributed by atoms with Gasteiger partial charge in [-0.15, -0.1) is 0 Å². The minimum atomic E-state index is 1.15. The number of nitrogens with zero attached hydrogens (tertiary/aromatic N) is 4. The highest BCUT2D eigenvalue weighted by Crippen LogP contribution is 1.85. The van der Waals surface area contributed by atoms with E-state index in [-0.39, 0.29) is 0 Å². The molecular weight excluding hydrogens is 164 g/mol. The zero-order valence-corrected chi connectivity index (χ0v) is 7.80. The van der Waals surface area contributed by atoms with E-state index in [9.17, 15) is 0 Å². The smallest absolute Gasteiger partial charge is 0.168 e. The summed E-state index contributed by atoms with van der Waals surface area (Å²) in [7, 11) is 0. The van der Waals surface area contributed by atoms with E-state index in [1.807, 2.05) is 6.07 Å². The van der Waals surface area contributed by atoms with Crippen molar-refractivity contribution < 1.29 is 4.57 Å². The zero-order valence-electron chi connectivity index (χ0n) is 7.80. The summed E-state index contributed by atoms with van der Waals surface area (Å²) in [4.78, 5) is 1.50. The van der Waals surface area contributed by atoms with Gasteiger partial charge in [-0.05, 0) is 0 Å². The van der Waals surface area contributed by atoms with Crippen molar-refractivity contribution in [1.29, 1.82) is 0 Å². The number of unbranched alkanes of at least 4 members (excludes halogenated alkanes) is 1. The topological polar surface area (TPSA) is 62.6 Å². The summed E-state index contributed by atoms with van der Waals surface area (Å²) >= 11 is 0. The molecule has 0 N–H and O–H groups in total. The van der Waals surface area contributed by atoms with Gasteiger partial charge in [0, 0.05) is 18.6 Å². The van der Waals surface area contributed by atoms with Gasteiger partial charge in [-0.25, -0.2) is 4.57 Å². The Morgan fingerprint density at radius 2 is 1.69 bits per heavy atom. The molecule has 0 radical (unpaired) electrons. The maximum atomic E-state index is 6.75. The van der Waals surface area contributed by atoms with Crippen molar-refractivity contribution >= 4 is 0 Å². The minimum absolute atomic E-state index is 1.15. The number of hydrogen-bond donors (Lipinski definition) is 0. The van der Waals surface area contributed by atoms with Crippen molar-refractivity contribution in [2.75, 3.05) is 0 Å². The van der Waals surface area contributed by atoms with Crippen LogP contribution in [0.1, 0.15) is 19.8 Å². The Balaban J connectivity index is 0.000000424. The summed E-state index contributed by atoms with van der Waals surface area (Å²) in [5.41, 5.74) is 13.5. The van der Waals surface area contributed by atoms with Crippen LogP contribution in [0.3, 0.4) is 0 Å². The van der Waals surface area contributed by atoms with Crippen molar-refractivity contribution in [2.24, 2.45) is 0 Å². The summed E-state index contributed by atoms with van der Waals surface area (Å²) in [6, 6.07) is 6.17. The molecule has 4 nitrogen and oxygen atoms in total. The Morgan fingerprint density at radius 1 is 1.15 bits per heavy atom. The van der Waals surface area contributed by atoms with Gasteiger partial charge in [-0.2, -0.15) is 0 Å². The van der Waals surface area contributed by atoms with E-state index in [1.165, 1.54) is 17.8 Å². The molecule has 0 saturated carbocycles. The van der Waals surface area contributed by atoms with Crippen molar-refractivity contribution in [2.45, 2.75) is 26.3 Å². The molecule has 1 heterocycles. The van der Waals surface area contributed by atoms with Crippen molar-refractivity contribution in [3.8, 4) is 0 Å². The van der Waals surface area contributed by atoms with Gasteiger partial charge in [0.15, 0.2) is 12.4 Å². The Labute approximate surface area is 78.3 Å². The second-order valence-electron chi connectivity index (χ2n) is 2.56. The summed E-state index contributed by atoms with van der Waals surface area (Å²) < 4.78 is 2.21. The largest absolute Gasteiger partial charge is 0.373 e. The number of hydrogen-bond acceptors (Lipinski definition) is 0. The summed E-state index contributed by atoms with van der Waals surface area (Å²) in [5.74, 6) is 0. The Kier molecular flexibility index (Phi) is 7.54. The molecule has 70 valence electrons. The van der Waals surface area contributed by atoms with Crippen molar-refractivity contribution in [3.05, 3.63) is 46.6 Å². The van der Waals surface area contributed by atoms with Crippen LogP contribution in [0.4, 0.5) is 0 Å². The molecule has 13 heavy (non-hydrogen) atoms. The third-order valence-corrected chi connectivity index (χ3v) is 1.55. The predicted molar refractivity (Wildman–Crippen MR) is 51.6 cm³/mol. The van der Waals surface area contributed by atoms with E-state index >= 15 is 0 Å². The quantitative estimate of drug-likeness (QED) is 0.295. The van der Waals surface area contributed by atoms with Gasteiger partial charge in [-0.1, -0.05) is 19.4 Å². The van der Waals surface area contributed by atoms with Gasteiger partial charge < -0.3 is 11.1 Å². The lowest BCUT2D eigenvalue weighted by Gasteiger charge is -1.91. The van der Waals surface area contributed by atoms with Crippen LogP contribution in [0.15, 0.2) is 30.6 Å². The fourth-order valence-corrected chi connectivity index (χ4v) is 0.924. The standard InChI is InChI=1S/C9H14N.N3/c1-2-3-7-10-8-5-4-6-9-10;1-3-2/h4-6,8-9H,2-3,7H2,1H3;/q+1;-1. The summed E-state index contributed by atoms with van der Waals surface area (Å²) in [6.07, 6.45) is 6.75. The van der Waals surface area contributed by atoms with Crippen LogP contribution in [-0.2, 0) is 6.54 Å². The molecule has 0 amide bonds. The van der Waals surface area contributed by atoms with Crippen LogP contribution in [-0.4, -0.2) is 0 Å². The maximum Gasteiger partial charge on any atom is 0.168 e. The average molecular weight is 178 g/mol. The van der Waals surface area contributed by atoms with E-state index in [1.54, 1.807) is 0 Å². The van der Waals surface area contributed by atoms with Crippen LogP contribution in [0.25, 0.3) is 16.0 Å². The number of rotatable bonds is 3. The van der Waals surface area contributed by atoms with Crippen LogP contribution in [0.2, 0.25) is 0 Å². The van der Waals surface area contributed by atoms with Crippen LogP contribution in [0.5, 0.6) is 0 Å². The van der Waals surface area contributed by atoms with Crippen LogP contribution < -0.4 is 4.57 Å². The lowest BCUT2D eigenvalue weighted by atomic mass is 10.3. The van der Waals surface area contributed by atoms with Crippen LogP contribution in [0, 0.1) is 0 Å². The molecule has 0 aliphatic rings. The van der Waals surface area contributed by atoms with Gasteiger partial charge >= 0.3 is 0 Å². The second-order valence-corrected chi connectivity index (χ2v) is 2.56. The third-order valence-electron chi connectivity index (χ3n) is 1.55. The first kappa shape index (κ1) is 11.5.